The molecular weight excluding hydrogens is 286 g/mol. The number of amides is 2. The van der Waals surface area contributed by atoms with Crippen LogP contribution in [0.15, 0.2) is 24.4 Å². The lowest BCUT2D eigenvalue weighted by Gasteiger charge is -2.04. The summed E-state index contributed by atoms with van der Waals surface area (Å²) in [4.78, 5) is 28.5. The fourth-order valence-electron chi connectivity index (χ4n) is 2.03. The maximum atomic E-state index is 12.1. The average Bonchev–Trinajstić information content (AvgIpc) is 3.14. The number of thiophene rings is 1. The van der Waals surface area contributed by atoms with Crippen LogP contribution in [0.5, 0.6) is 0 Å². The minimum Gasteiger partial charge on any atom is -0.357 e. The molecule has 5 nitrogen and oxygen atoms in total. The van der Waals surface area contributed by atoms with E-state index in [-0.39, 0.29) is 11.8 Å². The number of aromatic nitrogens is 1. The van der Waals surface area contributed by atoms with Crippen LogP contribution in [0, 0.1) is 0 Å². The molecule has 0 saturated heterocycles. The number of hydrogen-bond acceptors (Lipinski definition) is 3. The molecule has 112 valence electrons. The van der Waals surface area contributed by atoms with Gasteiger partial charge in [0, 0.05) is 11.1 Å². The minimum absolute atomic E-state index is 0.281. The molecule has 0 aliphatic heterocycles. The first-order valence-corrected chi connectivity index (χ1v) is 7.83. The van der Waals surface area contributed by atoms with Crippen LogP contribution in [-0.4, -0.2) is 16.8 Å². The SMILES string of the molecule is CCCc1sc(C(=O)NNC(=O)c2ccc[nH]2)cc1CC. The molecule has 0 fully saturated rings. The van der Waals surface area contributed by atoms with Crippen LogP contribution in [-0.2, 0) is 12.8 Å². The van der Waals surface area contributed by atoms with Gasteiger partial charge in [0.05, 0.1) is 4.88 Å². The molecule has 2 aromatic heterocycles. The molecule has 0 atom stereocenters. The molecule has 0 aromatic carbocycles. The molecule has 0 spiro atoms. The van der Waals surface area contributed by atoms with E-state index < -0.39 is 0 Å². The molecule has 6 heteroatoms. The highest BCUT2D eigenvalue weighted by atomic mass is 32.1. The van der Waals surface area contributed by atoms with Crippen LogP contribution in [0.2, 0.25) is 0 Å². The Kier molecular flexibility index (Phi) is 5.16. The molecule has 21 heavy (non-hydrogen) atoms. The fourth-order valence-corrected chi connectivity index (χ4v) is 3.28. The van der Waals surface area contributed by atoms with Gasteiger partial charge in [-0.15, -0.1) is 11.3 Å². The lowest BCUT2D eigenvalue weighted by molar-refractivity contribution is 0.0846. The van der Waals surface area contributed by atoms with Crippen molar-refractivity contribution in [3.8, 4) is 0 Å². The molecule has 0 radical (unpaired) electrons. The lowest BCUT2D eigenvalue weighted by Crippen LogP contribution is -2.41. The second-order valence-corrected chi connectivity index (χ2v) is 5.79. The van der Waals surface area contributed by atoms with Gasteiger partial charge in [-0.1, -0.05) is 20.3 Å². The highest BCUT2D eigenvalue weighted by molar-refractivity contribution is 7.14. The highest BCUT2D eigenvalue weighted by Gasteiger charge is 2.14. The Hall–Kier alpha value is -2.08. The third-order valence-electron chi connectivity index (χ3n) is 3.11. The zero-order valence-corrected chi connectivity index (χ0v) is 13.0. The van der Waals surface area contributed by atoms with Gasteiger partial charge in [-0.05, 0) is 36.6 Å². The molecule has 2 heterocycles. The molecule has 0 unspecified atom stereocenters. The van der Waals surface area contributed by atoms with Gasteiger partial charge in [0.1, 0.15) is 5.69 Å². The smallest absolute Gasteiger partial charge is 0.286 e. The zero-order valence-electron chi connectivity index (χ0n) is 12.2. The predicted molar refractivity (Wildman–Crippen MR) is 83.4 cm³/mol. The Labute approximate surface area is 127 Å². The monoisotopic (exact) mass is 305 g/mol. The summed E-state index contributed by atoms with van der Waals surface area (Å²) in [6.07, 6.45) is 4.60. The summed E-state index contributed by atoms with van der Waals surface area (Å²) in [6.45, 7) is 4.20. The van der Waals surface area contributed by atoms with Gasteiger partial charge < -0.3 is 4.98 Å². The van der Waals surface area contributed by atoms with Crippen LogP contribution in [0.25, 0.3) is 0 Å². The Bertz CT molecular complexity index is 617. The van der Waals surface area contributed by atoms with Crippen molar-refractivity contribution in [2.75, 3.05) is 0 Å². The normalized spacial score (nSPS) is 10.4. The minimum atomic E-state index is -0.366. The molecule has 2 aromatic rings. The van der Waals surface area contributed by atoms with Crippen molar-refractivity contribution >= 4 is 23.2 Å². The van der Waals surface area contributed by atoms with Gasteiger partial charge in [-0.2, -0.15) is 0 Å². The molecule has 2 rings (SSSR count). The number of nitrogens with one attached hydrogen (secondary N) is 3. The standard InChI is InChI=1S/C15H19N3O2S/c1-3-6-12-10(4-2)9-13(21-12)15(20)18-17-14(19)11-7-5-8-16-11/h5,7-9,16H,3-4,6H2,1-2H3,(H,17,19)(H,18,20). The molecule has 0 aliphatic rings. The van der Waals surface area contributed by atoms with Crippen LogP contribution in [0.4, 0.5) is 0 Å². The summed E-state index contributed by atoms with van der Waals surface area (Å²) in [7, 11) is 0. The second kappa shape index (κ2) is 7.08. The van der Waals surface area contributed by atoms with Crippen molar-refractivity contribution in [1.82, 2.24) is 15.8 Å². The first kappa shape index (κ1) is 15.3. The topological polar surface area (TPSA) is 74.0 Å². The van der Waals surface area contributed by atoms with Crippen molar-refractivity contribution in [3.05, 3.63) is 45.4 Å². The summed E-state index contributed by atoms with van der Waals surface area (Å²) in [6, 6.07) is 5.27. The Morgan fingerprint density at radius 2 is 2.00 bits per heavy atom. The van der Waals surface area contributed by atoms with Gasteiger partial charge in [0.15, 0.2) is 0 Å². The molecule has 3 N–H and O–H groups in total. The van der Waals surface area contributed by atoms with Gasteiger partial charge in [0.25, 0.3) is 11.8 Å². The zero-order chi connectivity index (χ0) is 15.2. The van der Waals surface area contributed by atoms with E-state index >= 15 is 0 Å². The van der Waals surface area contributed by atoms with Gasteiger partial charge in [0.2, 0.25) is 0 Å². The van der Waals surface area contributed by atoms with E-state index in [1.807, 2.05) is 6.07 Å². The van der Waals surface area contributed by atoms with Crippen LogP contribution in [0.1, 0.15) is 50.9 Å². The third-order valence-corrected chi connectivity index (χ3v) is 4.35. The van der Waals surface area contributed by atoms with Gasteiger partial charge >= 0.3 is 0 Å². The van der Waals surface area contributed by atoms with E-state index in [1.54, 1.807) is 18.3 Å². The number of rotatable bonds is 5. The number of aryl methyl sites for hydroxylation is 2. The number of aromatic amines is 1. The largest absolute Gasteiger partial charge is 0.357 e. The van der Waals surface area contributed by atoms with E-state index in [2.05, 4.69) is 29.7 Å². The lowest BCUT2D eigenvalue weighted by atomic mass is 10.1. The van der Waals surface area contributed by atoms with Crippen LogP contribution < -0.4 is 10.9 Å². The first-order valence-electron chi connectivity index (χ1n) is 7.01. The maximum absolute atomic E-state index is 12.1. The van der Waals surface area contributed by atoms with Crippen molar-refractivity contribution in [2.45, 2.75) is 33.1 Å². The quantitative estimate of drug-likeness (QED) is 0.743. The molecule has 2 amide bonds. The van der Waals surface area contributed by atoms with E-state index in [9.17, 15) is 9.59 Å². The average molecular weight is 305 g/mol. The highest BCUT2D eigenvalue weighted by Crippen LogP contribution is 2.24. The second-order valence-electron chi connectivity index (χ2n) is 4.65. The maximum Gasteiger partial charge on any atom is 0.286 e. The van der Waals surface area contributed by atoms with E-state index in [0.717, 1.165) is 19.3 Å². The van der Waals surface area contributed by atoms with E-state index in [4.69, 9.17) is 0 Å². The fraction of sp³-hybridized carbons (Fsp3) is 0.333. The van der Waals surface area contributed by atoms with Crippen LogP contribution in [0.3, 0.4) is 0 Å². The van der Waals surface area contributed by atoms with Gasteiger partial charge in [-0.3, -0.25) is 20.4 Å². The number of hydrogen-bond donors (Lipinski definition) is 3. The van der Waals surface area contributed by atoms with Crippen molar-refractivity contribution < 1.29 is 9.59 Å². The molecule has 0 aliphatic carbocycles. The third kappa shape index (κ3) is 3.72. The molecular formula is C15H19N3O2S. The van der Waals surface area contributed by atoms with Crippen molar-refractivity contribution in [2.24, 2.45) is 0 Å². The van der Waals surface area contributed by atoms with E-state index in [0.29, 0.717) is 10.6 Å². The first-order chi connectivity index (χ1) is 10.2. The number of H-pyrrole nitrogens is 1. The summed E-state index contributed by atoms with van der Waals surface area (Å²) in [5.74, 6) is -0.647. The Morgan fingerprint density at radius 3 is 2.62 bits per heavy atom. The predicted octanol–water partition coefficient (Wildman–Crippen LogP) is 2.67. The van der Waals surface area contributed by atoms with Gasteiger partial charge in [-0.25, -0.2) is 0 Å². The summed E-state index contributed by atoms with van der Waals surface area (Å²) in [5, 5.41) is 0. The van der Waals surface area contributed by atoms with Crippen molar-refractivity contribution in [1.29, 1.82) is 0 Å². The number of carbonyl (C=O) groups excluding carboxylic acids is 2. The summed E-state index contributed by atoms with van der Waals surface area (Å²) in [5.41, 5.74) is 6.46. The number of hydrazine groups is 1. The number of carbonyl (C=O) groups is 2. The van der Waals surface area contributed by atoms with Crippen molar-refractivity contribution in [3.63, 3.8) is 0 Å². The Morgan fingerprint density at radius 1 is 1.24 bits per heavy atom. The molecule has 0 bridgehead atoms. The summed E-state index contributed by atoms with van der Waals surface area (Å²) < 4.78 is 0. The Balaban J connectivity index is 1.98. The van der Waals surface area contributed by atoms with E-state index in [1.165, 1.54) is 21.8 Å². The van der Waals surface area contributed by atoms with Crippen LogP contribution >= 0.6 is 11.3 Å². The molecule has 0 saturated carbocycles. The summed E-state index contributed by atoms with van der Waals surface area (Å²) >= 11 is 1.49.